The zero-order valence-electron chi connectivity index (χ0n) is 15.4. The van der Waals surface area contributed by atoms with Crippen LogP contribution in [0.2, 0.25) is 0 Å². The fraction of sp³-hybridized carbons (Fsp3) is 0.238. The molecule has 0 radical (unpaired) electrons. The maximum absolute atomic E-state index is 13.6. The van der Waals surface area contributed by atoms with Crippen molar-refractivity contribution in [3.05, 3.63) is 64.6 Å². The van der Waals surface area contributed by atoms with E-state index in [1.54, 1.807) is 12.1 Å². The first-order valence-corrected chi connectivity index (χ1v) is 9.29. The molecule has 5 nitrogen and oxygen atoms in total. The first-order chi connectivity index (χ1) is 13.9. The van der Waals surface area contributed by atoms with Crippen LogP contribution in [0.5, 0.6) is 0 Å². The second-order valence-electron chi connectivity index (χ2n) is 7.00. The molecule has 0 spiro atoms. The monoisotopic (exact) mass is 401 g/mol. The molecular formula is C21H18F3N3O2. The van der Waals surface area contributed by atoms with E-state index < -0.39 is 41.5 Å². The smallest absolute Gasteiger partial charge is 0.251 e. The highest BCUT2D eigenvalue weighted by molar-refractivity contribution is 6.02. The summed E-state index contributed by atoms with van der Waals surface area (Å²) in [5, 5.41) is 5.56. The third-order valence-electron chi connectivity index (χ3n) is 5.08. The summed E-state index contributed by atoms with van der Waals surface area (Å²) < 4.78 is 39.8. The lowest BCUT2D eigenvalue weighted by Crippen LogP contribution is -2.33. The number of aromatic nitrogens is 1. The molecular weight excluding hydrogens is 383 g/mol. The van der Waals surface area contributed by atoms with E-state index in [1.807, 2.05) is 6.07 Å². The quantitative estimate of drug-likeness (QED) is 0.582. The van der Waals surface area contributed by atoms with Gasteiger partial charge in [0, 0.05) is 22.2 Å². The first kappa shape index (κ1) is 19.0. The number of rotatable bonds is 4. The zero-order valence-corrected chi connectivity index (χ0v) is 15.4. The molecule has 29 heavy (non-hydrogen) atoms. The molecule has 0 aliphatic heterocycles. The van der Waals surface area contributed by atoms with Gasteiger partial charge in [0.2, 0.25) is 5.91 Å². The van der Waals surface area contributed by atoms with E-state index in [9.17, 15) is 22.8 Å². The Morgan fingerprint density at radius 2 is 1.79 bits per heavy atom. The van der Waals surface area contributed by atoms with Gasteiger partial charge in [-0.2, -0.15) is 0 Å². The van der Waals surface area contributed by atoms with Crippen LogP contribution in [0, 0.1) is 17.5 Å². The molecule has 2 aromatic carbocycles. The lowest BCUT2D eigenvalue weighted by atomic mass is 9.95. The molecule has 2 amide bonds. The van der Waals surface area contributed by atoms with Crippen LogP contribution in [-0.2, 0) is 17.6 Å². The van der Waals surface area contributed by atoms with Crippen LogP contribution in [0.4, 0.5) is 18.9 Å². The van der Waals surface area contributed by atoms with Gasteiger partial charge in [0.05, 0.1) is 12.2 Å². The SMILES string of the molecule is O=C(CNC(=O)c1ccc2[nH]c3c(c2c1)CCCC3)Nc1ccc(F)c(F)c1F. The third-order valence-corrected chi connectivity index (χ3v) is 5.08. The summed E-state index contributed by atoms with van der Waals surface area (Å²) in [4.78, 5) is 27.7. The number of hydrogen-bond acceptors (Lipinski definition) is 2. The molecule has 1 aliphatic carbocycles. The first-order valence-electron chi connectivity index (χ1n) is 9.29. The summed E-state index contributed by atoms with van der Waals surface area (Å²) in [5.74, 6) is -5.74. The second kappa shape index (κ2) is 7.62. The minimum Gasteiger partial charge on any atom is -0.358 e. The number of carbonyl (C=O) groups is 2. The van der Waals surface area contributed by atoms with Gasteiger partial charge in [-0.3, -0.25) is 9.59 Å². The van der Waals surface area contributed by atoms with Crippen LogP contribution in [-0.4, -0.2) is 23.3 Å². The maximum atomic E-state index is 13.6. The molecule has 8 heteroatoms. The fourth-order valence-corrected chi connectivity index (χ4v) is 3.63. The molecule has 3 aromatic rings. The summed E-state index contributed by atoms with van der Waals surface area (Å²) >= 11 is 0. The topological polar surface area (TPSA) is 74.0 Å². The van der Waals surface area contributed by atoms with Crippen LogP contribution in [0.15, 0.2) is 30.3 Å². The Morgan fingerprint density at radius 3 is 2.62 bits per heavy atom. The predicted octanol–water partition coefficient (Wildman–Crippen LogP) is 3.83. The van der Waals surface area contributed by atoms with E-state index >= 15 is 0 Å². The minimum absolute atomic E-state index is 0.400. The molecule has 0 saturated heterocycles. The standard InChI is InChI=1S/C21H18F3N3O2/c22-14-6-8-17(20(24)19(14)23)27-18(28)10-25-21(29)11-5-7-16-13(9-11)12-3-1-2-4-15(12)26-16/h5-9,26H,1-4,10H2,(H,25,29)(H,27,28). The van der Waals surface area contributed by atoms with E-state index in [4.69, 9.17) is 0 Å². The van der Waals surface area contributed by atoms with Gasteiger partial charge < -0.3 is 15.6 Å². The van der Waals surface area contributed by atoms with Crippen molar-refractivity contribution >= 4 is 28.4 Å². The number of H-pyrrole nitrogens is 1. The summed E-state index contributed by atoms with van der Waals surface area (Å²) in [6.07, 6.45) is 4.20. The molecule has 3 N–H and O–H groups in total. The van der Waals surface area contributed by atoms with E-state index in [1.165, 1.54) is 11.3 Å². The highest BCUT2D eigenvalue weighted by atomic mass is 19.2. The van der Waals surface area contributed by atoms with Gasteiger partial charge in [-0.05, 0) is 61.6 Å². The number of anilines is 1. The van der Waals surface area contributed by atoms with Gasteiger partial charge in [0.25, 0.3) is 5.91 Å². The summed E-state index contributed by atoms with van der Waals surface area (Å²) in [6.45, 7) is -0.444. The highest BCUT2D eigenvalue weighted by Gasteiger charge is 2.18. The summed E-state index contributed by atoms with van der Waals surface area (Å²) in [6, 6.07) is 6.90. The van der Waals surface area contributed by atoms with Crippen molar-refractivity contribution in [2.45, 2.75) is 25.7 Å². The van der Waals surface area contributed by atoms with Gasteiger partial charge >= 0.3 is 0 Å². The number of amides is 2. The largest absolute Gasteiger partial charge is 0.358 e. The average molecular weight is 401 g/mol. The maximum Gasteiger partial charge on any atom is 0.251 e. The van der Waals surface area contributed by atoms with Crippen molar-refractivity contribution < 1.29 is 22.8 Å². The lowest BCUT2D eigenvalue weighted by molar-refractivity contribution is -0.115. The van der Waals surface area contributed by atoms with Crippen molar-refractivity contribution in [3.63, 3.8) is 0 Å². The van der Waals surface area contributed by atoms with Gasteiger partial charge in [-0.25, -0.2) is 13.2 Å². The van der Waals surface area contributed by atoms with Crippen molar-refractivity contribution in [2.24, 2.45) is 0 Å². The molecule has 0 fully saturated rings. The molecule has 0 bridgehead atoms. The molecule has 0 saturated carbocycles. The van der Waals surface area contributed by atoms with Crippen LogP contribution in [0.3, 0.4) is 0 Å². The predicted molar refractivity (Wildman–Crippen MR) is 102 cm³/mol. The van der Waals surface area contributed by atoms with E-state index in [0.717, 1.165) is 42.7 Å². The number of aromatic amines is 1. The molecule has 1 aromatic heterocycles. The lowest BCUT2D eigenvalue weighted by Gasteiger charge is -2.11. The summed E-state index contributed by atoms with van der Waals surface area (Å²) in [5.41, 5.74) is 3.31. The van der Waals surface area contributed by atoms with Crippen molar-refractivity contribution in [1.82, 2.24) is 10.3 Å². The Bertz CT molecular complexity index is 1120. The Morgan fingerprint density at radius 1 is 1.00 bits per heavy atom. The minimum atomic E-state index is -1.67. The zero-order chi connectivity index (χ0) is 20.5. The van der Waals surface area contributed by atoms with E-state index in [0.29, 0.717) is 11.6 Å². The van der Waals surface area contributed by atoms with Crippen molar-refractivity contribution in [3.8, 4) is 0 Å². The Hall–Kier alpha value is -3.29. The molecule has 1 aliphatic rings. The Labute approximate surface area is 164 Å². The van der Waals surface area contributed by atoms with Crippen LogP contribution in [0.1, 0.15) is 34.5 Å². The van der Waals surface area contributed by atoms with Gasteiger partial charge in [0.15, 0.2) is 17.5 Å². The van der Waals surface area contributed by atoms with E-state index in [2.05, 4.69) is 15.6 Å². The van der Waals surface area contributed by atoms with Gasteiger partial charge in [-0.15, -0.1) is 0 Å². The number of halogens is 3. The van der Waals surface area contributed by atoms with Gasteiger partial charge in [-0.1, -0.05) is 0 Å². The number of benzene rings is 2. The number of hydrogen-bond donors (Lipinski definition) is 3. The van der Waals surface area contributed by atoms with Crippen LogP contribution in [0.25, 0.3) is 10.9 Å². The van der Waals surface area contributed by atoms with E-state index in [-0.39, 0.29) is 0 Å². The molecule has 0 atom stereocenters. The fourth-order valence-electron chi connectivity index (χ4n) is 3.63. The Kier molecular flexibility index (Phi) is 5.00. The number of fused-ring (bicyclic) bond motifs is 3. The molecule has 0 unspecified atom stereocenters. The third kappa shape index (κ3) is 3.70. The summed E-state index contributed by atoms with van der Waals surface area (Å²) in [7, 11) is 0. The molecule has 4 rings (SSSR count). The highest BCUT2D eigenvalue weighted by Crippen LogP contribution is 2.29. The molecule has 1 heterocycles. The van der Waals surface area contributed by atoms with Gasteiger partial charge in [0.1, 0.15) is 0 Å². The molecule has 150 valence electrons. The van der Waals surface area contributed by atoms with Crippen LogP contribution >= 0.6 is 0 Å². The Balaban J connectivity index is 1.43. The van der Waals surface area contributed by atoms with Crippen molar-refractivity contribution in [2.75, 3.05) is 11.9 Å². The van der Waals surface area contributed by atoms with Crippen molar-refractivity contribution in [1.29, 1.82) is 0 Å². The number of nitrogens with one attached hydrogen (secondary N) is 3. The normalized spacial score (nSPS) is 13.2. The number of aryl methyl sites for hydroxylation is 2. The van der Waals surface area contributed by atoms with Crippen LogP contribution < -0.4 is 10.6 Å². The average Bonchev–Trinajstić information content (AvgIpc) is 3.10. The second-order valence-corrected chi connectivity index (χ2v) is 7.00. The number of carbonyl (C=O) groups excluding carboxylic acids is 2.